The van der Waals surface area contributed by atoms with Crippen LogP contribution in [0, 0.1) is 11.6 Å². The molecular formula is C22H21F2N5O. The van der Waals surface area contributed by atoms with Gasteiger partial charge < -0.3 is 9.47 Å². The Kier molecular flexibility index (Phi) is 5.83. The number of nitrogens with one attached hydrogen (secondary N) is 1. The number of hydrogen-bond donors (Lipinski definition) is 1. The first-order valence-electron chi connectivity index (χ1n) is 9.69. The second kappa shape index (κ2) is 8.86. The van der Waals surface area contributed by atoms with E-state index < -0.39 is 17.7 Å². The van der Waals surface area contributed by atoms with E-state index in [1.807, 2.05) is 41.1 Å². The Bertz CT molecular complexity index is 1040. The zero-order valence-electron chi connectivity index (χ0n) is 16.2. The summed E-state index contributed by atoms with van der Waals surface area (Å²) in [5.74, 6) is -1.60. The quantitative estimate of drug-likeness (QED) is 0.643. The van der Waals surface area contributed by atoms with E-state index in [0.717, 1.165) is 11.6 Å². The number of aryl methyl sites for hydroxylation is 1. The third-order valence-electron chi connectivity index (χ3n) is 4.99. The number of carbonyl (C=O) groups excluding carboxylic acids is 1. The number of halogens is 2. The van der Waals surface area contributed by atoms with Crippen molar-refractivity contribution < 1.29 is 13.6 Å². The molecule has 6 nitrogen and oxygen atoms in total. The van der Waals surface area contributed by atoms with Crippen LogP contribution in [0.3, 0.4) is 0 Å². The average Bonchev–Trinajstić information content (AvgIpc) is 3.38. The van der Waals surface area contributed by atoms with Crippen LogP contribution in [0.5, 0.6) is 0 Å². The highest BCUT2D eigenvalue weighted by Crippen LogP contribution is 2.30. The van der Waals surface area contributed by atoms with Crippen molar-refractivity contribution in [1.82, 2.24) is 19.8 Å². The largest absolute Gasteiger partial charge is 0.337 e. The van der Waals surface area contributed by atoms with Gasteiger partial charge in [0.2, 0.25) is 0 Å². The first-order chi connectivity index (χ1) is 14.6. The maximum Gasteiger partial charge on any atom is 0.323 e. The Morgan fingerprint density at radius 2 is 1.90 bits per heavy atom. The maximum absolute atomic E-state index is 14.6. The Labute approximate surface area is 172 Å². The van der Waals surface area contributed by atoms with E-state index in [9.17, 15) is 13.6 Å². The van der Waals surface area contributed by atoms with Gasteiger partial charge in [0.05, 0.1) is 12.9 Å². The summed E-state index contributed by atoms with van der Waals surface area (Å²) < 4.78 is 30.5. The SMILES string of the molecule is O=C1NC(=NCc2ccccc2)C(c2cccc(F)c2F)N1CCCn1ccnc1. The Morgan fingerprint density at radius 3 is 2.67 bits per heavy atom. The molecule has 1 unspecified atom stereocenters. The molecule has 1 aliphatic heterocycles. The van der Waals surface area contributed by atoms with Gasteiger partial charge in [-0.25, -0.2) is 18.6 Å². The van der Waals surface area contributed by atoms with Crippen LogP contribution >= 0.6 is 0 Å². The highest BCUT2D eigenvalue weighted by Gasteiger charge is 2.39. The highest BCUT2D eigenvalue weighted by molar-refractivity contribution is 6.07. The molecule has 0 spiro atoms. The minimum atomic E-state index is -0.967. The fourth-order valence-corrected chi connectivity index (χ4v) is 3.52. The summed E-state index contributed by atoms with van der Waals surface area (Å²) in [6, 6.07) is 12.3. The van der Waals surface area contributed by atoms with Crippen LogP contribution in [0.15, 0.2) is 72.2 Å². The molecule has 1 aromatic heterocycles. The van der Waals surface area contributed by atoms with E-state index in [1.165, 1.54) is 17.0 Å². The lowest BCUT2D eigenvalue weighted by atomic mass is 10.0. The van der Waals surface area contributed by atoms with Crippen molar-refractivity contribution in [1.29, 1.82) is 0 Å². The summed E-state index contributed by atoms with van der Waals surface area (Å²) in [6.07, 6.45) is 5.84. The number of aromatic nitrogens is 2. The second-order valence-corrected chi connectivity index (χ2v) is 7.01. The molecule has 1 fully saturated rings. The van der Waals surface area contributed by atoms with E-state index in [2.05, 4.69) is 15.3 Å². The third kappa shape index (κ3) is 4.22. The van der Waals surface area contributed by atoms with Gasteiger partial charge in [0.1, 0.15) is 11.9 Å². The summed E-state index contributed by atoms with van der Waals surface area (Å²) in [5, 5.41) is 2.74. The van der Waals surface area contributed by atoms with Crippen LogP contribution in [0.25, 0.3) is 0 Å². The normalized spacial score (nSPS) is 17.5. The van der Waals surface area contributed by atoms with E-state index >= 15 is 0 Å². The number of benzene rings is 2. The van der Waals surface area contributed by atoms with E-state index in [4.69, 9.17) is 0 Å². The standard InChI is InChI=1S/C22H21F2N5O/c23-18-9-4-8-17(19(18)24)20-21(26-14-16-6-2-1-3-7-16)27-22(30)29(20)12-5-11-28-13-10-25-15-28/h1-4,6-10,13,15,20H,5,11-12,14H2,(H,26,27,30). The van der Waals surface area contributed by atoms with Gasteiger partial charge in [-0.05, 0) is 18.1 Å². The first-order valence-corrected chi connectivity index (χ1v) is 9.69. The predicted octanol–water partition coefficient (Wildman–Crippen LogP) is 3.92. The van der Waals surface area contributed by atoms with Gasteiger partial charge in [0, 0.05) is 31.0 Å². The molecular weight excluding hydrogens is 388 g/mol. The third-order valence-corrected chi connectivity index (χ3v) is 4.99. The Hall–Kier alpha value is -3.55. The number of amidine groups is 1. The monoisotopic (exact) mass is 409 g/mol. The fourth-order valence-electron chi connectivity index (χ4n) is 3.52. The summed E-state index contributed by atoms with van der Waals surface area (Å²) in [5.41, 5.74) is 1.04. The number of rotatable bonds is 7. The predicted molar refractivity (Wildman–Crippen MR) is 109 cm³/mol. The molecule has 3 aromatic rings. The molecule has 4 rings (SSSR count). The smallest absolute Gasteiger partial charge is 0.323 e. The van der Waals surface area contributed by atoms with E-state index in [1.54, 1.807) is 12.5 Å². The lowest BCUT2D eigenvalue weighted by Crippen LogP contribution is -2.31. The molecule has 2 aromatic carbocycles. The number of imidazole rings is 1. The van der Waals surface area contributed by atoms with Crippen LogP contribution in [-0.4, -0.2) is 32.9 Å². The van der Waals surface area contributed by atoms with Crippen molar-refractivity contribution in [2.75, 3.05) is 6.54 Å². The topological polar surface area (TPSA) is 62.5 Å². The number of nitrogens with zero attached hydrogens (tertiary/aromatic N) is 4. The maximum atomic E-state index is 14.6. The highest BCUT2D eigenvalue weighted by atomic mass is 19.2. The molecule has 0 saturated carbocycles. The minimum Gasteiger partial charge on any atom is -0.337 e. The fraction of sp³-hybridized carbons (Fsp3) is 0.227. The summed E-state index contributed by atoms with van der Waals surface area (Å²) in [7, 11) is 0. The van der Waals surface area contributed by atoms with Gasteiger partial charge in [-0.3, -0.25) is 10.3 Å². The van der Waals surface area contributed by atoms with Crippen LogP contribution in [-0.2, 0) is 13.1 Å². The molecule has 1 N–H and O–H groups in total. The second-order valence-electron chi connectivity index (χ2n) is 7.01. The van der Waals surface area contributed by atoms with Crippen molar-refractivity contribution in [3.8, 4) is 0 Å². The summed E-state index contributed by atoms with van der Waals surface area (Å²) >= 11 is 0. The number of hydrogen-bond acceptors (Lipinski definition) is 3. The zero-order valence-corrected chi connectivity index (χ0v) is 16.2. The van der Waals surface area contributed by atoms with Crippen LogP contribution in [0.1, 0.15) is 23.6 Å². The van der Waals surface area contributed by atoms with Crippen LogP contribution < -0.4 is 5.32 Å². The minimum absolute atomic E-state index is 0.0859. The van der Waals surface area contributed by atoms with Crippen LogP contribution in [0.2, 0.25) is 0 Å². The summed E-state index contributed by atoms with van der Waals surface area (Å²) in [4.78, 5) is 22.7. The van der Waals surface area contributed by atoms with Crippen molar-refractivity contribution in [3.05, 3.63) is 90.0 Å². The van der Waals surface area contributed by atoms with Crippen molar-refractivity contribution >= 4 is 11.9 Å². The molecule has 2 heterocycles. The van der Waals surface area contributed by atoms with Crippen molar-refractivity contribution in [2.24, 2.45) is 4.99 Å². The molecule has 2 amide bonds. The number of amides is 2. The molecule has 8 heteroatoms. The van der Waals surface area contributed by atoms with Crippen molar-refractivity contribution in [3.63, 3.8) is 0 Å². The van der Waals surface area contributed by atoms with Gasteiger partial charge in [0.15, 0.2) is 11.6 Å². The van der Waals surface area contributed by atoms with Crippen LogP contribution in [0.4, 0.5) is 13.6 Å². The molecule has 1 aliphatic rings. The molecule has 154 valence electrons. The van der Waals surface area contributed by atoms with Gasteiger partial charge in [-0.2, -0.15) is 0 Å². The molecule has 0 bridgehead atoms. The molecule has 30 heavy (non-hydrogen) atoms. The summed E-state index contributed by atoms with van der Waals surface area (Å²) in [6.45, 7) is 1.33. The zero-order chi connectivity index (χ0) is 20.9. The lowest BCUT2D eigenvalue weighted by molar-refractivity contribution is 0.203. The lowest BCUT2D eigenvalue weighted by Gasteiger charge is -2.24. The van der Waals surface area contributed by atoms with Crippen molar-refractivity contribution in [2.45, 2.75) is 25.6 Å². The van der Waals surface area contributed by atoms with E-state index in [0.29, 0.717) is 31.9 Å². The van der Waals surface area contributed by atoms with Gasteiger partial charge in [0.25, 0.3) is 0 Å². The van der Waals surface area contributed by atoms with Gasteiger partial charge >= 0.3 is 6.03 Å². The van der Waals surface area contributed by atoms with E-state index in [-0.39, 0.29) is 11.6 Å². The molecule has 1 atom stereocenters. The number of aliphatic imine (C=N–C) groups is 1. The van der Waals surface area contributed by atoms with Gasteiger partial charge in [-0.15, -0.1) is 0 Å². The molecule has 0 radical (unpaired) electrons. The Morgan fingerprint density at radius 1 is 1.07 bits per heavy atom. The average molecular weight is 409 g/mol. The molecule has 1 saturated heterocycles. The number of urea groups is 1. The van der Waals surface area contributed by atoms with Gasteiger partial charge in [-0.1, -0.05) is 42.5 Å². The molecule has 0 aliphatic carbocycles. The first kappa shape index (κ1) is 19.8. The number of carbonyl (C=O) groups is 1. The Balaban J connectivity index is 1.60.